The third-order valence-corrected chi connectivity index (χ3v) is 2.49. The first-order valence-electron chi connectivity index (χ1n) is 6.18. The molecular weight excluding hydrogens is 310 g/mol. The Labute approximate surface area is 122 Å². The molecular formula is C13H20BrN3O2. The van der Waals surface area contributed by atoms with Gasteiger partial charge in [-0.2, -0.15) is 0 Å². The van der Waals surface area contributed by atoms with Gasteiger partial charge in [0.25, 0.3) is 0 Å². The average Bonchev–Trinajstić information content (AvgIpc) is 2.26. The fourth-order valence-corrected chi connectivity index (χ4v) is 1.70. The van der Waals surface area contributed by atoms with Crippen molar-refractivity contribution in [1.29, 1.82) is 0 Å². The van der Waals surface area contributed by atoms with Crippen LogP contribution >= 0.6 is 15.9 Å². The molecule has 1 amide bonds. The van der Waals surface area contributed by atoms with Gasteiger partial charge in [0.2, 0.25) is 0 Å². The maximum atomic E-state index is 11.4. The molecule has 0 aliphatic heterocycles. The number of pyridine rings is 1. The van der Waals surface area contributed by atoms with Crippen molar-refractivity contribution >= 4 is 27.7 Å². The molecule has 5 nitrogen and oxygen atoms in total. The van der Waals surface area contributed by atoms with Crippen molar-refractivity contribution in [3.05, 3.63) is 22.9 Å². The minimum absolute atomic E-state index is 0.378. The first kappa shape index (κ1) is 15.8. The second kappa shape index (κ2) is 7.33. The van der Waals surface area contributed by atoms with E-state index in [1.54, 1.807) is 12.4 Å². The fraction of sp³-hybridized carbons (Fsp3) is 0.538. The Morgan fingerprint density at radius 3 is 2.74 bits per heavy atom. The van der Waals surface area contributed by atoms with E-state index < -0.39 is 5.60 Å². The van der Waals surface area contributed by atoms with Crippen molar-refractivity contribution in [1.82, 2.24) is 10.3 Å². The smallest absolute Gasteiger partial charge is 0.407 e. The third kappa shape index (κ3) is 7.66. The van der Waals surface area contributed by atoms with Crippen LogP contribution in [-0.4, -0.2) is 29.8 Å². The van der Waals surface area contributed by atoms with Crippen LogP contribution in [0.15, 0.2) is 22.9 Å². The Kier molecular flexibility index (Phi) is 6.08. The van der Waals surface area contributed by atoms with Gasteiger partial charge in [0, 0.05) is 23.8 Å². The highest BCUT2D eigenvalue weighted by atomic mass is 79.9. The van der Waals surface area contributed by atoms with Crippen molar-refractivity contribution in [2.75, 3.05) is 18.4 Å². The second-order valence-electron chi connectivity index (χ2n) is 5.10. The van der Waals surface area contributed by atoms with Gasteiger partial charge in [-0.25, -0.2) is 4.79 Å². The molecule has 0 aliphatic carbocycles. The van der Waals surface area contributed by atoms with Gasteiger partial charge in [-0.1, -0.05) is 0 Å². The summed E-state index contributed by atoms with van der Waals surface area (Å²) in [6.45, 7) is 6.86. The predicted molar refractivity (Wildman–Crippen MR) is 79.3 cm³/mol. The van der Waals surface area contributed by atoms with Gasteiger partial charge >= 0.3 is 6.09 Å². The number of hydrogen-bond acceptors (Lipinski definition) is 4. The van der Waals surface area contributed by atoms with E-state index in [9.17, 15) is 4.79 Å². The van der Waals surface area contributed by atoms with Crippen molar-refractivity contribution in [2.45, 2.75) is 32.8 Å². The first-order valence-corrected chi connectivity index (χ1v) is 6.97. The van der Waals surface area contributed by atoms with E-state index in [1.165, 1.54) is 0 Å². The zero-order chi connectivity index (χ0) is 14.3. The normalized spacial score (nSPS) is 10.9. The van der Waals surface area contributed by atoms with Gasteiger partial charge < -0.3 is 15.4 Å². The number of amides is 1. The molecule has 0 atom stereocenters. The van der Waals surface area contributed by atoms with Gasteiger partial charge in [0.15, 0.2) is 0 Å². The van der Waals surface area contributed by atoms with E-state index in [0.717, 1.165) is 23.1 Å². The summed E-state index contributed by atoms with van der Waals surface area (Å²) in [6.07, 6.45) is 3.92. The van der Waals surface area contributed by atoms with Gasteiger partial charge in [-0.3, -0.25) is 4.98 Å². The highest BCUT2D eigenvalue weighted by Gasteiger charge is 2.15. The summed E-state index contributed by atoms with van der Waals surface area (Å²) >= 11 is 3.36. The highest BCUT2D eigenvalue weighted by molar-refractivity contribution is 9.10. The van der Waals surface area contributed by atoms with Crippen molar-refractivity contribution in [2.24, 2.45) is 0 Å². The Morgan fingerprint density at radius 1 is 1.37 bits per heavy atom. The number of hydrogen-bond donors (Lipinski definition) is 2. The number of alkyl carbamates (subject to hydrolysis) is 1. The lowest BCUT2D eigenvalue weighted by atomic mass is 10.2. The summed E-state index contributed by atoms with van der Waals surface area (Å²) in [5.74, 6) is 0. The molecule has 1 heterocycles. The number of halogens is 1. The topological polar surface area (TPSA) is 63.2 Å². The zero-order valence-electron chi connectivity index (χ0n) is 11.5. The minimum atomic E-state index is -0.454. The van der Waals surface area contributed by atoms with Crippen LogP contribution in [0.25, 0.3) is 0 Å². The molecule has 0 aliphatic rings. The van der Waals surface area contributed by atoms with Gasteiger partial charge in [-0.15, -0.1) is 0 Å². The molecule has 0 spiro atoms. The molecule has 6 heteroatoms. The van der Waals surface area contributed by atoms with Gasteiger partial charge in [-0.05, 0) is 49.2 Å². The third-order valence-electron chi connectivity index (χ3n) is 2.06. The lowest BCUT2D eigenvalue weighted by molar-refractivity contribution is 0.0528. The molecule has 1 rings (SSSR count). The first-order chi connectivity index (χ1) is 8.87. The number of ether oxygens (including phenoxy) is 1. The second-order valence-corrected chi connectivity index (χ2v) is 6.02. The average molecular weight is 330 g/mol. The van der Waals surface area contributed by atoms with Crippen molar-refractivity contribution in [3.8, 4) is 0 Å². The van der Waals surface area contributed by atoms with E-state index in [1.807, 2.05) is 26.8 Å². The molecule has 0 aromatic carbocycles. The molecule has 1 aromatic heterocycles. The molecule has 0 unspecified atom stereocenters. The highest BCUT2D eigenvalue weighted by Crippen LogP contribution is 2.13. The maximum Gasteiger partial charge on any atom is 0.407 e. The Morgan fingerprint density at radius 2 is 2.11 bits per heavy atom. The van der Waals surface area contributed by atoms with Gasteiger partial charge in [0.05, 0.1) is 11.9 Å². The SMILES string of the molecule is CC(C)(C)OC(=O)NCCCNc1cncc(Br)c1. The molecule has 2 N–H and O–H groups in total. The van der Waals surface area contributed by atoms with Crippen LogP contribution in [0.3, 0.4) is 0 Å². The van der Waals surface area contributed by atoms with E-state index in [0.29, 0.717) is 6.54 Å². The fourth-order valence-electron chi connectivity index (χ4n) is 1.33. The van der Waals surface area contributed by atoms with Crippen molar-refractivity contribution < 1.29 is 9.53 Å². The Balaban J connectivity index is 2.13. The monoisotopic (exact) mass is 329 g/mol. The number of nitrogens with zero attached hydrogens (tertiary/aromatic N) is 1. The van der Waals surface area contributed by atoms with Crippen LogP contribution in [0.5, 0.6) is 0 Å². The minimum Gasteiger partial charge on any atom is -0.444 e. The standard InChI is InChI=1S/C13H20BrN3O2/c1-13(2,3)19-12(18)17-6-4-5-16-11-7-10(14)8-15-9-11/h7-9,16H,4-6H2,1-3H3,(H,17,18). The molecule has 0 bridgehead atoms. The number of anilines is 1. The maximum absolute atomic E-state index is 11.4. The predicted octanol–water partition coefficient (Wildman–Crippen LogP) is 3.17. The number of aromatic nitrogens is 1. The largest absolute Gasteiger partial charge is 0.444 e. The van der Waals surface area contributed by atoms with Gasteiger partial charge in [0.1, 0.15) is 5.60 Å². The number of nitrogens with one attached hydrogen (secondary N) is 2. The van der Waals surface area contributed by atoms with Crippen LogP contribution in [0.1, 0.15) is 27.2 Å². The summed E-state index contributed by atoms with van der Waals surface area (Å²) in [4.78, 5) is 15.4. The lowest BCUT2D eigenvalue weighted by Gasteiger charge is -2.19. The zero-order valence-corrected chi connectivity index (χ0v) is 13.1. The number of carbonyl (C=O) groups excluding carboxylic acids is 1. The summed E-state index contributed by atoms with van der Waals surface area (Å²) in [7, 11) is 0. The number of carbonyl (C=O) groups is 1. The van der Waals surface area contributed by atoms with Crippen LogP contribution in [0.4, 0.5) is 10.5 Å². The summed E-state index contributed by atoms with van der Waals surface area (Å²) in [6, 6.07) is 1.95. The number of rotatable bonds is 5. The molecule has 0 saturated carbocycles. The van der Waals surface area contributed by atoms with E-state index >= 15 is 0 Å². The lowest BCUT2D eigenvalue weighted by Crippen LogP contribution is -2.33. The summed E-state index contributed by atoms with van der Waals surface area (Å²) < 4.78 is 6.07. The molecule has 106 valence electrons. The van der Waals surface area contributed by atoms with Crippen molar-refractivity contribution in [3.63, 3.8) is 0 Å². The molecule has 19 heavy (non-hydrogen) atoms. The van der Waals surface area contributed by atoms with Crippen LogP contribution in [0, 0.1) is 0 Å². The van der Waals surface area contributed by atoms with Crippen LogP contribution in [-0.2, 0) is 4.74 Å². The summed E-state index contributed by atoms with van der Waals surface area (Å²) in [5.41, 5.74) is 0.497. The quantitative estimate of drug-likeness (QED) is 0.814. The van der Waals surface area contributed by atoms with E-state index in [-0.39, 0.29) is 6.09 Å². The van der Waals surface area contributed by atoms with Crippen LogP contribution < -0.4 is 10.6 Å². The van der Waals surface area contributed by atoms with E-state index in [4.69, 9.17) is 4.74 Å². The molecule has 0 radical (unpaired) electrons. The van der Waals surface area contributed by atoms with E-state index in [2.05, 4.69) is 31.5 Å². The van der Waals surface area contributed by atoms with Crippen LogP contribution in [0.2, 0.25) is 0 Å². The molecule has 0 fully saturated rings. The molecule has 1 aromatic rings. The Hall–Kier alpha value is -1.30. The summed E-state index contributed by atoms with van der Waals surface area (Å²) in [5, 5.41) is 5.93. The molecule has 0 saturated heterocycles. The Bertz CT molecular complexity index is 419.